The Bertz CT molecular complexity index is 554. The molecule has 1 saturated carbocycles. The van der Waals surface area contributed by atoms with Crippen LogP contribution in [0, 0.1) is 0 Å². The van der Waals surface area contributed by atoms with Crippen molar-refractivity contribution >= 4 is 17.6 Å². The number of hydrogen-bond acceptors (Lipinski definition) is 3. The van der Waals surface area contributed by atoms with Gasteiger partial charge in [-0.15, -0.1) is 0 Å². The van der Waals surface area contributed by atoms with Gasteiger partial charge in [0.1, 0.15) is 0 Å². The van der Waals surface area contributed by atoms with Crippen molar-refractivity contribution in [3.05, 3.63) is 29.8 Å². The number of hydrogen-bond donors (Lipinski definition) is 3. The number of rotatable bonds is 7. The second-order valence-electron chi connectivity index (χ2n) is 6.47. The summed E-state index contributed by atoms with van der Waals surface area (Å²) in [5, 5.41) is 8.55. The summed E-state index contributed by atoms with van der Waals surface area (Å²) in [5.41, 5.74) is 2.13. The van der Waals surface area contributed by atoms with Crippen LogP contribution in [0.4, 0.5) is 10.5 Å². The molecule has 1 aliphatic carbocycles. The monoisotopic (exact) mass is 332 g/mol. The molecule has 0 unspecified atom stereocenters. The third-order valence-electron chi connectivity index (χ3n) is 4.24. The average Bonchev–Trinajstić information content (AvgIpc) is 3.06. The molecule has 2 rings (SSSR count). The Labute approximate surface area is 144 Å². The number of nitrogens with one attached hydrogen (secondary N) is 3. The molecule has 1 aliphatic rings. The molecule has 3 N–H and O–H groups in total. The third kappa shape index (κ3) is 6.10. The molecule has 0 aliphatic heterocycles. The molecule has 1 aromatic carbocycles. The first-order valence-electron chi connectivity index (χ1n) is 8.62. The molecule has 0 saturated heterocycles. The quantitative estimate of drug-likeness (QED) is 0.715. The van der Waals surface area contributed by atoms with Crippen LogP contribution in [0.2, 0.25) is 0 Å². The fraction of sp³-hybridized carbons (Fsp3) is 0.556. The first-order chi connectivity index (χ1) is 11.5. The number of nitrogens with zero attached hydrogens (tertiary/aromatic N) is 1. The maximum Gasteiger partial charge on any atom is 0.315 e. The van der Waals surface area contributed by atoms with E-state index in [1.165, 1.54) is 12.8 Å². The summed E-state index contributed by atoms with van der Waals surface area (Å²) in [6.45, 7) is 0.809. The highest BCUT2D eigenvalue weighted by Gasteiger charge is 2.16. The Balaban J connectivity index is 1.62. The van der Waals surface area contributed by atoms with Gasteiger partial charge in [0.05, 0.1) is 0 Å². The highest BCUT2D eigenvalue weighted by molar-refractivity contribution is 5.78. The van der Waals surface area contributed by atoms with E-state index in [4.69, 9.17) is 0 Å². The third-order valence-corrected chi connectivity index (χ3v) is 4.24. The average molecular weight is 332 g/mol. The van der Waals surface area contributed by atoms with Gasteiger partial charge in [-0.1, -0.05) is 25.0 Å². The lowest BCUT2D eigenvalue weighted by molar-refractivity contribution is -0.121. The molecule has 132 valence electrons. The first kappa shape index (κ1) is 18.1. The summed E-state index contributed by atoms with van der Waals surface area (Å²) in [4.78, 5) is 25.6. The molecule has 0 radical (unpaired) electrons. The summed E-state index contributed by atoms with van der Waals surface area (Å²) in [5.74, 6) is 0.0147. The lowest BCUT2D eigenvalue weighted by atomic mass is 10.2. The van der Waals surface area contributed by atoms with Gasteiger partial charge in [-0.25, -0.2) is 4.79 Å². The SMILES string of the molecule is CN(C)c1cccc(CNC(=O)NCCC(=O)NC2CCCC2)c1. The van der Waals surface area contributed by atoms with Crippen LogP contribution in [0.25, 0.3) is 0 Å². The van der Waals surface area contributed by atoms with Crippen molar-refractivity contribution in [2.75, 3.05) is 25.5 Å². The topological polar surface area (TPSA) is 73.5 Å². The van der Waals surface area contributed by atoms with E-state index in [0.29, 0.717) is 25.6 Å². The van der Waals surface area contributed by atoms with Crippen molar-refractivity contribution in [2.24, 2.45) is 0 Å². The number of benzene rings is 1. The van der Waals surface area contributed by atoms with Crippen LogP contribution in [0.5, 0.6) is 0 Å². The second kappa shape index (κ2) is 9.15. The molecule has 6 nitrogen and oxygen atoms in total. The zero-order chi connectivity index (χ0) is 17.4. The molecule has 0 aromatic heterocycles. The highest BCUT2D eigenvalue weighted by atomic mass is 16.2. The van der Waals surface area contributed by atoms with E-state index in [0.717, 1.165) is 24.1 Å². The molecule has 0 bridgehead atoms. The predicted octanol–water partition coefficient (Wildman–Crippen LogP) is 2.00. The van der Waals surface area contributed by atoms with E-state index < -0.39 is 0 Å². The molecule has 0 heterocycles. The Morgan fingerprint density at radius 1 is 1.17 bits per heavy atom. The van der Waals surface area contributed by atoms with Crippen molar-refractivity contribution in [3.63, 3.8) is 0 Å². The largest absolute Gasteiger partial charge is 0.378 e. The van der Waals surface area contributed by atoms with Crippen LogP contribution in [-0.4, -0.2) is 38.6 Å². The minimum absolute atomic E-state index is 0.0147. The minimum Gasteiger partial charge on any atom is -0.378 e. The molecule has 1 fully saturated rings. The number of urea groups is 1. The Hall–Kier alpha value is -2.24. The second-order valence-corrected chi connectivity index (χ2v) is 6.47. The van der Waals surface area contributed by atoms with E-state index in [2.05, 4.69) is 16.0 Å². The Kier molecular flexibility index (Phi) is 6.90. The van der Waals surface area contributed by atoms with Gasteiger partial charge in [-0.3, -0.25) is 4.79 Å². The van der Waals surface area contributed by atoms with Crippen LogP contribution in [0.15, 0.2) is 24.3 Å². The number of amides is 3. The standard InChI is InChI=1S/C18H28N4O2/c1-22(2)16-9-5-6-14(12-16)13-20-18(24)19-11-10-17(23)21-15-7-3-4-8-15/h5-6,9,12,15H,3-4,7-8,10-11,13H2,1-2H3,(H,21,23)(H2,19,20,24). The van der Waals surface area contributed by atoms with Crippen molar-refractivity contribution in [1.29, 1.82) is 0 Å². The Morgan fingerprint density at radius 3 is 2.62 bits per heavy atom. The van der Waals surface area contributed by atoms with Crippen LogP contribution in [-0.2, 0) is 11.3 Å². The van der Waals surface area contributed by atoms with Crippen LogP contribution < -0.4 is 20.9 Å². The summed E-state index contributed by atoms with van der Waals surface area (Å²) < 4.78 is 0. The van der Waals surface area contributed by atoms with Gasteiger partial charge in [-0.05, 0) is 30.5 Å². The predicted molar refractivity (Wildman–Crippen MR) is 96.0 cm³/mol. The first-order valence-corrected chi connectivity index (χ1v) is 8.62. The lowest BCUT2D eigenvalue weighted by Gasteiger charge is -2.14. The lowest BCUT2D eigenvalue weighted by Crippen LogP contribution is -2.39. The summed E-state index contributed by atoms with van der Waals surface area (Å²) in [7, 11) is 3.96. The normalized spacial score (nSPS) is 14.2. The van der Waals surface area contributed by atoms with Gasteiger partial charge >= 0.3 is 6.03 Å². The zero-order valence-corrected chi connectivity index (χ0v) is 14.6. The zero-order valence-electron chi connectivity index (χ0n) is 14.6. The van der Waals surface area contributed by atoms with E-state index >= 15 is 0 Å². The molecular weight excluding hydrogens is 304 g/mol. The van der Waals surface area contributed by atoms with Gasteiger partial charge < -0.3 is 20.9 Å². The van der Waals surface area contributed by atoms with Crippen molar-refractivity contribution < 1.29 is 9.59 Å². The van der Waals surface area contributed by atoms with E-state index in [1.54, 1.807) is 0 Å². The van der Waals surface area contributed by atoms with Crippen LogP contribution in [0.3, 0.4) is 0 Å². The molecular formula is C18H28N4O2. The molecule has 24 heavy (non-hydrogen) atoms. The number of carbonyl (C=O) groups is 2. The summed E-state index contributed by atoms with van der Waals surface area (Å²) in [6.07, 6.45) is 4.86. The number of carbonyl (C=O) groups excluding carboxylic acids is 2. The maximum absolute atomic E-state index is 11.8. The minimum atomic E-state index is -0.251. The van der Waals surface area contributed by atoms with Gasteiger partial charge in [0.25, 0.3) is 0 Å². The smallest absolute Gasteiger partial charge is 0.315 e. The molecule has 6 heteroatoms. The van der Waals surface area contributed by atoms with E-state index in [9.17, 15) is 9.59 Å². The molecule has 0 atom stereocenters. The van der Waals surface area contributed by atoms with Gasteiger partial charge in [0.15, 0.2) is 0 Å². The summed E-state index contributed by atoms with van der Waals surface area (Å²) in [6, 6.07) is 8.08. The summed E-state index contributed by atoms with van der Waals surface area (Å²) >= 11 is 0. The maximum atomic E-state index is 11.8. The van der Waals surface area contributed by atoms with E-state index in [-0.39, 0.29) is 11.9 Å². The molecule has 1 aromatic rings. The van der Waals surface area contributed by atoms with Crippen molar-refractivity contribution in [3.8, 4) is 0 Å². The molecule has 3 amide bonds. The van der Waals surface area contributed by atoms with Crippen molar-refractivity contribution in [2.45, 2.75) is 44.7 Å². The number of anilines is 1. The highest BCUT2D eigenvalue weighted by Crippen LogP contribution is 2.17. The van der Waals surface area contributed by atoms with Crippen LogP contribution >= 0.6 is 0 Å². The van der Waals surface area contributed by atoms with Crippen LogP contribution in [0.1, 0.15) is 37.7 Å². The fourth-order valence-corrected chi connectivity index (χ4v) is 2.85. The fourth-order valence-electron chi connectivity index (χ4n) is 2.85. The van der Waals surface area contributed by atoms with Gasteiger partial charge in [-0.2, -0.15) is 0 Å². The Morgan fingerprint density at radius 2 is 1.92 bits per heavy atom. The molecule has 0 spiro atoms. The van der Waals surface area contributed by atoms with Crippen molar-refractivity contribution in [1.82, 2.24) is 16.0 Å². The van der Waals surface area contributed by atoms with E-state index in [1.807, 2.05) is 43.3 Å². The van der Waals surface area contributed by atoms with Gasteiger partial charge in [0, 0.05) is 45.3 Å². The van der Waals surface area contributed by atoms with Gasteiger partial charge in [0.2, 0.25) is 5.91 Å².